The first kappa shape index (κ1) is 19.0. The van der Waals surface area contributed by atoms with Crippen molar-refractivity contribution < 1.29 is 23.0 Å². The molecule has 1 heterocycles. The topological polar surface area (TPSA) is 85.4 Å². The second kappa shape index (κ2) is 8.30. The van der Waals surface area contributed by atoms with E-state index in [1.165, 1.54) is 19.2 Å². The first-order valence-electron chi connectivity index (χ1n) is 8.09. The van der Waals surface area contributed by atoms with Crippen molar-refractivity contribution in [1.29, 1.82) is 0 Å². The zero-order chi connectivity index (χ0) is 20.1. The number of hydrogen-bond donors (Lipinski definition) is 2. The number of halogens is 2. The van der Waals surface area contributed by atoms with Crippen LogP contribution in [0, 0.1) is 11.6 Å². The molecule has 0 saturated heterocycles. The summed E-state index contributed by atoms with van der Waals surface area (Å²) in [5.41, 5.74) is 0.666. The Labute approximate surface area is 159 Å². The summed E-state index contributed by atoms with van der Waals surface area (Å²) in [6, 6.07) is 11.2. The highest BCUT2D eigenvalue weighted by atomic mass is 19.2. The molecule has 0 saturated carbocycles. The molecular formula is C19H16F2N4O3. The van der Waals surface area contributed by atoms with E-state index in [2.05, 4.69) is 20.8 Å². The minimum absolute atomic E-state index is 0.0340. The minimum Gasteiger partial charge on any atom is -0.493 e. The van der Waals surface area contributed by atoms with Crippen LogP contribution in [0.2, 0.25) is 0 Å². The summed E-state index contributed by atoms with van der Waals surface area (Å²) in [6.45, 7) is 0. The molecule has 0 spiro atoms. The number of rotatable bonds is 6. The van der Waals surface area contributed by atoms with Crippen LogP contribution in [0.4, 0.5) is 26.1 Å². The Morgan fingerprint density at radius 2 is 1.57 bits per heavy atom. The maximum absolute atomic E-state index is 13.2. The highest BCUT2D eigenvalue weighted by molar-refractivity contribution is 6.03. The molecule has 0 radical (unpaired) electrons. The van der Waals surface area contributed by atoms with Gasteiger partial charge in [-0.25, -0.2) is 8.78 Å². The molecule has 0 fully saturated rings. The van der Waals surface area contributed by atoms with Crippen LogP contribution < -0.4 is 20.1 Å². The molecule has 3 aromatic rings. The molecule has 0 aliphatic heterocycles. The van der Waals surface area contributed by atoms with Gasteiger partial charge >= 0.3 is 0 Å². The molecule has 7 nitrogen and oxygen atoms in total. The first-order chi connectivity index (χ1) is 13.5. The van der Waals surface area contributed by atoms with Crippen molar-refractivity contribution in [3.63, 3.8) is 0 Å². The monoisotopic (exact) mass is 386 g/mol. The van der Waals surface area contributed by atoms with Gasteiger partial charge in [0.25, 0.3) is 5.91 Å². The number of carbonyl (C=O) groups is 1. The summed E-state index contributed by atoms with van der Waals surface area (Å²) in [7, 11) is 3.08. The van der Waals surface area contributed by atoms with Crippen molar-refractivity contribution in [3.05, 3.63) is 65.7 Å². The fourth-order valence-electron chi connectivity index (χ4n) is 2.35. The van der Waals surface area contributed by atoms with Crippen molar-refractivity contribution in [2.75, 3.05) is 24.9 Å². The van der Waals surface area contributed by atoms with Gasteiger partial charge in [-0.15, -0.1) is 10.2 Å². The maximum atomic E-state index is 13.2. The second-order valence-corrected chi connectivity index (χ2v) is 5.58. The standard InChI is InChI=1S/C19H16F2N4O3/c1-27-15-6-4-12(10-16(15)28-2)22-17-7-8-18(25-24-17)23-19(26)11-3-5-13(20)14(21)9-11/h3-10H,1-2H3,(H,22,24)(H,23,25,26). The van der Waals surface area contributed by atoms with Crippen molar-refractivity contribution in [2.45, 2.75) is 0 Å². The van der Waals surface area contributed by atoms with E-state index < -0.39 is 17.5 Å². The van der Waals surface area contributed by atoms with E-state index in [-0.39, 0.29) is 11.4 Å². The fourth-order valence-corrected chi connectivity index (χ4v) is 2.35. The number of nitrogens with zero attached hydrogens (tertiary/aromatic N) is 2. The molecule has 9 heteroatoms. The Morgan fingerprint density at radius 1 is 0.857 bits per heavy atom. The van der Waals surface area contributed by atoms with E-state index >= 15 is 0 Å². The SMILES string of the molecule is COc1ccc(Nc2ccc(NC(=O)c3ccc(F)c(F)c3)nn2)cc1OC. The Morgan fingerprint density at radius 3 is 2.21 bits per heavy atom. The summed E-state index contributed by atoms with van der Waals surface area (Å²) in [6.07, 6.45) is 0. The zero-order valence-electron chi connectivity index (χ0n) is 15.0. The highest BCUT2D eigenvalue weighted by Crippen LogP contribution is 2.30. The van der Waals surface area contributed by atoms with Crippen molar-refractivity contribution in [3.8, 4) is 11.5 Å². The number of anilines is 3. The van der Waals surface area contributed by atoms with Gasteiger partial charge in [-0.1, -0.05) is 0 Å². The number of amides is 1. The number of hydrogen-bond acceptors (Lipinski definition) is 6. The normalized spacial score (nSPS) is 10.3. The maximum Gasteiger partial charge on any atom is 0.256 e. The molecule has 0 bridgehead atoms. The predicted octanol–water partition coefficient (Wildman–Crippen LogP) is 3.77. The third-order valence-electron chi connectivity index (χ3n) is 3.74. The average Bonchev–Trinajstić information content (AvgIpc) is 2.71. The summed E-state index contributed by atoms with van der Waals surface area (Å²) in [4.78, 5) is 12.1. The van der Waals surface area contributed by atoms with Crippen molar-refractivity contribution in [1.82, 2.24) is 10.2 Å². The molecule has 0 aliphatic rings. The summed E-state index contributed by atoms with van der Waals surface area (Å²) < 4.78 is 36.6. The molecule has 3 rings (SSSR count). The lowest BCUT2D eigenvalue weighted by atomic mass is 10.2. The minimum atomic E-state index is -1.10. The molecule has 0 aliphatic carbocycles. The van der Waals surface area contributed by atoms with Crippen LogP contribution in [0.3, 0.4) is 0 Å². The molecular weight excluding hydrogens is 370 g/mol. The van der Waals surface area contributed by atoms with E-state index in [0.717, 1.165) is 12.1 Å². The van der Waals surface area contributed by atoms with Gasteiger partial charge in [0.05, 0.1) is 14.2 Å². The number of ether oxygens (including phenoxy) is 2. The van der Waals surface area contributed by atoms with Gasteiger partial charge in [0.1, 0.15) is 0 Å². The molecule has 28 heavy (non-hydrogen) atoms. The van der Waals surface area contributed by atoms with Crippen LogP contribution >= 0.6 is 0 Å². The van der Waals surface area contributed by atoms with Crippen LogP contribution in [-0.4, -0.2) is 30.3 Å². The number of benzene rings is 2. The largest absolute Gasteiger partial charge is 0.493 e. The lowest BCUT2D eigenvalue weighted by Crippen LogP contribution is -2.14. The Balaban J connectivity index is 1.68. The second-order valence-electron chi connectivity index (χ2n) is 5.58. The third kappa shape index (κ3) is 4.32. The summed E-state index contributed by atoms with van der Waals surface area (Å²) in [5, 5.41) is 13.4. The summed E-state index contributed by atoms with van der Waals surface area (Å²) >= 11 is 0. The summed E-state index contributed by atoms with van der Waals surface area (Å²) in [5.74, 6) is -1.03. The van der Waals surface area contributed by atoms with Crippen LogP contribution in [0.15, 0.2) is 48.5 Å². The number of methoxy groups -OCH3 is 2. The molecule has 1 aromatic heterocycles. The fraction of sp³-hybridized carbons (Fsp3) is 0.105. The highest BCUT2D eigenvalue weighted by Gasteiger charge is 2.11. The molecule has 0 unspecified atom stereocenters. The number of carbonyl (C=O) groups excluding carboxylic acids is 1. The van der Waals surface area contributed by atoms with Crippen molar-refractivity contribution >= 4 is 23.2 Å². The van der Waals surface area contributed by atoms with E-state index in [9.17, 15) is 13.6 Å². The number of nitrogens with one attached hydrogen (secondary N) is 2. The van der Waals surface area contributed by atoms with Gasteiger partial charge < -0.3 is 20.1 Å². The molecule has 144 valence electrons. The van der Waals surface area contributed by atoms with Gasteiger partial charge in [0.15, 0.2) is 34.8 Å². The zero-order valence-corrected chi connectivity index (χ0v) is 15.0. The smallest absolute Gasteiger partial charge is 0.256 e. The lowest BCUT2D eigenvalue weighted by Gasteiger charge is -2.11. The quantitative estimate of drug-likeness (QED) is 0.671. The number of aromatic nitrogens is 2. The van der Waals surface area contributed by atoms with Gasteiger partial charge in [0.2, 0.25) is 0 Å². The van der Waals surface area contributed by atoms with Crippen molar-refractivity contribution in [2.24, 2.45) is 0 Å². The van der Waals surface area contributed by atoms with Gasteiger partial charge in [0, 0.05) is 17.3 Å². The Hall–Kier alpha value is -3.75. The third-order valence-corrected chi connectivity index (χ3v) is 3.74. The first-order valence-corrected chi connectivity index (χ1v) is 8.09. The molecule has 2 N–H and O–H groups in total. The van der Waals surface area contributed by atoms with E-state index in [0.29, 0.717) is 23.0 Å². The Bertz CT molecular complexity index is 997. The Kier molecular flexibility index (Phi) is 5.64. The van der Waals surface area contributed by atoms with Crippen LogP contribution in [-0.2, 0) is 0 Å². The lowest BCUT2D eigenvalue weighted by molar-refractivity contribution is 0.102. The van der Waals surface area contributed by atoms with Crippen LogP contribution in [0.1, 0.15) is 10.4 Å². The van der Waals surface area contributed by atoms with Gasteiger partial charge in [-0.3, -0.25) is 4.79 Å². The van der Waals surface area contributed by atoms with Crippen LogP contribution in [0.25, 0.3) is 0 Å². The van der Waals surface area contributed by atoms with Gasteiger partial charge in [-0.05, 0) is 42.5 Å². The van der Waals surface area contributed by atoms with E-state index in [1.54, 1.807) is 31.4 Å². The molecule has 2 aromatic carbocycles. The molecule has 0 atom stereocenters. The van der Waals surface area contributed by atoms with E-state index in [1.807, 2.05) is 0 Å². The average molecular weight is 386 g/mol. The predicted molar refractivity (Wildman–Crippen MR) is 99.2 cm³/mol. The molecule has 1 amide bonds. The van der Waals surface area contributed by atoms with E-state index in [4.69, 9.17) is 9.47 Å². The van der Waals surface area contributed by atoms with Crippen LogP contribution in [0.5, 0.6) is 11.5 Å². The van der Waals surface area contributed by atoms with Gasteiger partial charge in [-0.2, -0.15) is 0 Å².